The zero-order chi connectivity index (χ0) is 15.1. The molecule has 0 aliphatic carbocycles. The third kappa shape index (κ3) is 4.90. The van der Waals surface area contributed by atoms with Crippen molar-refractivity contribution in [3.63, 3.8) is 0 Å². The molecule has 1 aromatic carbocycles. The van der Waals surface area contributed by atoms with Crippen LogP contribution in [0.25, 0.3) is 0 Å². The van der Waals surface area contributed by atoms with E-state index in [1.54, 1.807) is 11.8 Å². The Labute approximate surface area is 131 Å². The molecule has 1 aromatic heterocycles. The number of hydrogen-bond acceptors (Lipinski definition) is 3. The van der Waals surface area contributed by atoms with E-state index in [4.69, 9.17) is 0 Å². The third-order valence-electron chi connectivity index (χ3n) is 3.61. The molecule has 2 aromatic rings. The Morgan fingerprint density at radius 1 is 1.14 bits per heavy atom. The molecule has 4 heteroatoms. The fourth-order valence-electron chi connectivity index (χ4n) is 2.36. The summed E-state index contributed by atoms with van der Waals surface area (Å²) in [5.41, 5.74) is 0.975. The number of rotatable bonds is 8. The summed E-state index contributed by atoms with van der Waals surface area (Å²) in [6.45, 7) is 4.36. The zero-order valence-corrected chi connectivity index (χ0v) is 13.6. The Morgan fingerprint density at radius 2 is 1.86 bits per heavy atom. The van der Waals surface area contributed by atoms with E-state index in [1.165, 1.54) is 4.90 Å². The lowest BCUT2D eigenvalue weighted by atomic mass is 10.2. The van der Waals surface area contributed by atoms with Gasteiger partial charge in [-0.25, -0.2) is 0 Å². The predicted octanol–water partition coefficient (Wildman–Crippen LogP) is 3.94. The summed E-state index contributed by atoms with van der Waals surface area (Å²) in [6.07, 6.45) is 4.46. The maximum Gasteiger partial charge on any atom is 0.0690 e. The highest BCUT2D eigenvalue weighted by atomic mass is 32.2. The summed E-state index contributed by atoms with van der Waals surface area (Å²) in [6, 6.07) is 12.7. The van der Waals surface area contributed by atoms with Gasteiger partial charge < -0.3 is 5.11 Å². The van der Waals surface area contributed by atoms with Gasteiger partial charge in [-0.1, -0.05) is 32.0 Å². The van der Waals surface area contributed by atoms with Crippen LogP contribution >= 0.6 is 11.8 Å². The maximum atomic E-state index is 10.2. The highest BCUT2D eigenvalue weighted by Crippen LogP contribution is 2.19. The lowest BCUT2D eigenvalue weighted by Gasteiger charge is -2.13. The monoisotopic (exact) mass is 304 g/mol. The SMILES string of the molecule is CCC(CC)n1ccc(CC(O)CSc2ccccc2)n1. The normalized spacial score (nSPS) is 12.8. The van der Waals surface area contributed by atoms with Crippen molar-refractivity contribution in [1.82, 2.24) is 9.78 Å². The molecule has 3 nitrogen and oxygen atoms in total. The highest BCUT2D eigenvalue weighted by Gasteiger charge is 2.11. The quantitative estimate of drug-likeness (QED) is 0.751. The van der Waals surface area contributed by atoms with E-state index in [0.29, 0.717) is 18.2 Å². The van der Waals surface area contributed by atoms with Gasteiger partial charge in [0.25, 0.3) is 0 Å². The predicted molar refractivity (Wildman–Crippen MR) is 88.7 cm³/mol. The molecule has 0 fully saturated rings. The first-order chi connectivity index (χ1) is 10.2. The van der Waals surface area contributed by atoms with Crippen LogP contribution in [0.15, 0.2) is 47.5 Å². The van der Waals surface area contributed by atoms with Gasteiger partial charge in [0, 0.05) is 23.3 Å². The molecule has 1 unspecified atom stereocenters. The van der Waals surface area contributed by atoms with E-state index < -0.39 is 0 Å². The van der Waals surface area contributed by atoms with Crippen molar-refractivity contribution in [3.05, 3.63) is 48.3 Å². The fraction of sp³-hybridized carbons (Fsp3) is 0.471. The van der Waals surface area contributed by atoms with E-state index in [0.717, 1.165) is 18.5 Å². The van der Waals surface area contributed by atoms with Crippen molar-refractivity contribution in [2.24, 2.45) is 0 Å². The molecule has 1 N–H and O–H groups in total. The van der Waals surface area contributed by atoms with Gasteiger partial charge in [-0.05, 0) is 31.0 Å². The lowest BCUT2D eigenvalue weighted by molar-refractivity contribution is 0.198. The first-order valence-electron chi connectivity index (χ1n) is 7.62. The van der Waals surface area contributed by atoms with Crippen molar-refractivity contribution in [3.8, 4) is 0 Å². The summed E-state index contributed by atoms with van der Waals surface area (Å²) >= 11 is 1.69. The van der Waals surface area contributed by atoms with Crippen molar-refractivity contribution in [1.29, 1.82) is 0 Å². The molecule has 0 aliphatic heterocycles. The number of aromatic nitrogens is 2. The smallest absolute Gasteiger partial charge is 0.0690 e. The van der Waals surface area contributed by atoms with Crippen LogP contribution in [-0.2, 0) is 6.42 Å². The first kappa shape index (κ1) is 16.1. The molecule has 1 atom stereocenters. The minimum Gasteiger partial charge on any atom is -0.392 e. The Morgan fingerprint density at radius 3 is 2.52 bits per heavy atom. The van der Waals surface area contributed by atoms with Crippen molar-refractivity contribution >= 4 is 11.8 Å². The fourth-order valence-corrected chi connectivity index (χ4v) is 3.21. The van der Waals surface area contributed by atoms with Crippen LogP contribution in [0.5, 0.6) is 0 Å². The third-order valence-corrected chi connectivity index (χ3v) is 4.77. The van der Waals surface area contributed by atoms with Gasteiger partial charge in [-0.2, -0.15) is 5.10 Å². The largest absolute Gasteiger partial charge is 0.392 e. The second-order valence-electron chi connectivity index (χ2n) is 5.24. The van der Waals surface area contributed by atoms with Crippen LogP contribution in [0.2, 0.25) is 0 Å². The Balaban J connectivity index is 1.84. The molecule has 0 bridgehead atoms. The standard InChI is InChI=1S/C17H24N2OS/c1-3-15(4-2)19-11-10-14(18-19)12-16(20)13-21-17-8-6-5-7-9-17/h5-11,15-16,20H,3-4,12-13H2,1-2H3. The molecular weight excluding hydrogens is 280 g/mol. The van der Waals surface area contributed by atoms with Crippen LogP contribution in [0.1, 0.15) is 38.4 Å². The topological polar surface area (TPSA) is 38.0 Å². The second-order valence-corrected chi connectivity index (χ2v) is 6.33. The Hall–Kier alpha value is -1.26. The summed E-state index contributed by atoms with van der Waals surface area (Å²) in [5.74, 6) is 0.696. The van der Waals surface area contributed by atoms with E-state index in [-0.39, 0.29) is 6.10 Å². The molecule has 0 saturated heterocycles. The van der Waals surface area contributed by atoms with E-state index >= 15 is 0 Å². The van der Waals surface area contributed by atoms with E-state index in [1.807, 2.05) is 35.1 Å². The van der Waals surface area contributed by atoms with Gasteiger partial charge in [-0.15, -0.1) is 11.8 Å². The van der Waals surface area contributed by atoms with Gasteiger partial charge in [0.05, 0.1) is 17.8 Å². The van der Waals surface area contributed by atoms with Gasteiger partial charge in [0.2, 0.25) is 0 Å². The summed E-state index contributed by atoms with van der Waals surface area (Å²) in [4.78, 5) is 1.19. The number of aliphatic hydroxyl groups is 1. The molecule has 1 heterocycles. The van der Waals surface area contributed by atoms with Crippen LogP contribution in [0.4, 0.5) is 0 Å². The molecule has 0 aliphatic rings. The van der Waals surface area contributed by atoms with E-state index in [2.05, 4.69) is 31.1 Å². The first-order valence-corrected chi connectivity index (χ1v) is 8.61. The van der Waals surface area contributed by atoms with Crippen LogP contribution in [-0.4, -0.2) is 26.7 Å². The average Bonchev–Trinajstić information content (AvgIpc) is 2.96. The Bertz CT molecular complexity index is 523. The maximum absolute atomic E-state index is 10.2. The van der Waals surface area contributed by atoms with Crippen LogP contribution < -0.4 is 0 Å². The molecule has 0 spiro atoms. The van der Waals surface area contributed by atoms with Gasteiger partial charge in [0.15, 0.2) is 0 Å². The minimum atomic E-state index is -0.361. The van der Waals surface area contributed by atoms with Gasteiger partial charge >= 0.3 is 0 Å². The van der Waals surface area contributed by atoms with Crippen molar-refractivity contribution in [2.45, 2.75) is 50.2 Å². The molecule has 114 valence electrons. The Kier molecular flexibility index (Phi) is 6.33. The number of aliphatic hydroxyl groups excluding tert-OH is 1. The summed E-state index contributed by atoms with van der Waals surface area (Å²) in [7, 11) is 0. The lowest BCUT2D eigenvalue weighted by Crippen LogP contribution is -2.15. The van der Waals surface area contributed by atoms with Crippen LogP contribution in [0, 0.1) is 0 Å². The van der Waals surface area contributed by atoms with Crippen molar-refractivity contribution in [2.75, 3.05) is 5.75 Å². The zero-order valence-electron chi connectivity index (χ0n) is 12.8. The minimum absolute atomic E-state index is 0.361. The summed E-state index contributed by atoms with van der Waals surface area (Å²) in [5, 5.41) is 14.8. The molecule has 2 rings (SSSR count). The number of benzene rings is 1. The van der Waals surface area contributed by atoms with Gasteiger partial charge in [-0.3, -0.25) is 4.68 Å². The molecule has 0 radical (unpaired) electrons. The summed E-state index contributed by atoms with van der Waals surface area (Å²) < 4.78 is 2.03. The number of hydrogen-bond donors (Lipinski definition) is 1. The molecular formula is C17H24N2OS. The van der Waals surface area contributed by atoms with Crippen molar-refractivity contribution < 1.29 is 5.11 Å². The number of nitrogens with zero attached hydrogens (tertiary/aromatic N) is 2. The molecule has 21 heavy (non-hydrogen) atoms. The van der Waals surface area contributed by atoms with E-state index in [9.17, 15) is 5.11 Å². The molecule has 0 saturated carbocycles. The molecule has 0 amide bonds. The average molecular weight is 304 g/mol. The second kappa shape index (κ2) is 8.25. The number of thioether (sulfide) groups is 1. The van der Waals surface area contributed by atoms with Gasteiger partial charge in [0.1, 0.15) is 0 Å². The van der Waals surface area contributed by atoms with Crippen LogP contribution in [0.3, 0.4) is 0 Å². The highest BCUT2D eigenvalue weighted by molar-refractivity contribution is 7.99.